The van der Waals surface area contributed by atoms with Crippen LogP contribution >= 0.6 is 11.8 Å². The molecule has 0 aromatic heterocycles. The average Bonchev–Trinajstić information content (AvgIpc) is 2.45. The number of amides is 1. The zero-order valence-electron chi connectivity index (χ0n) is 11.6. The summed E-state index contributed by atoms with van der Waals surface area (Å²) >= 11 is 1.70. The maximum absolute atomic E-state index is 11.1. The number of hydrogen-bond donors (Lipinski definition) is 2. The highest BCUT2D eigenvalue weighted by molar-refractivity contribution is 7.99. The van der Waals surface area contributed by atoms with E-state index in [0.29, 0.717) is 6.42 Å². The largest absolute Gasteiger partial charge is 0.383 e. The van der Waals surface area contributed by atoms with Crippen LogP contribution in [0.5, 0.6) is 0 Å². The van der Waals surface area contributed by atoms with Crippen molar-refractivity contribution in [2.24, 2.45) is 0 Å². The molecule has 0 spiro atoms. The van der Waals surface area contributed by atoms with E-state index in [9.17, 15) is 4.79 Å². The highest BCUT2D eigenvalue weighted by Crippen LogP contribution is 2.19. The van der Waals surface area contributed by atoms with Crippen molar-refractivity contribution in [1.29, 1.82) is 0 Å². The lowest BCUT2D eigenvalue weighted by molar-refractivity contribution is -0.120. The fraction of sp³-hybridized carbons (Fsp3) is 0.500. The molecule has 4 nitrogen and oxygen atoms in total. The van der Waals surface area contributed by atoms with E-state index in [1.165, 1.54) is 10.5 Å². The lowest BCUT2D eigenvalue weighted by Crippen LogP contribution is -2.18. The maximum Gasteiger partial charge on any atom is 0.220 e. The van der Waals surface area contributed by atoms with Gasteiger partial charge in [0.25, 0.3) is 0 Å². The standard InChI is InChI=1S/C14H22N2O2S/c1-15-14(17)7-10-19-13-5-3-12(4-6-13)11-16-8-9-18-2/h3-6,16H,7-11H2,1-2H3,(H,15,17). The van der Waals surface area contributed by atoms with Crippen molar-refractivity contribution in [1.82, 2.24) is 10.6 Å². The van der Waals surface area contributed by atoms with E-state index in [1.54, 1.807) is 25.9 Å². The van der Waals surface area contributed by atoms with Gasteiger partial charge in [-0.1, -0.05) is 12.1 Å². The fourth-order valence-corrected chi connectivity index (χ4v) is 2.35. The molecule has 1 rings (SSSR count). The summed E-state index contributed by atoms with van der Waals surface area (Å²) in [7, 11) is 3.37. The molecule has 106 valence electrons. The topological polar surface area (TPSA) is 50.4 Å². The Hall–Kier alpha value is -1.04. The van der Waals surface area contributed by atoms with Crippen molar-refractivity contribution in [3.8, 4) is 0 Å². The van der Waals surface area contributed by atoms with Crippen LogP contribution in [0.2, 0.25) is 0 Å². The van der Waals surface area contributed by atoms with E-state index in [2.05, 4.69) is 34.9 Å². The second kappa shape index (κ2) is 9.83. The SMILES string of the molecule is CNC(=O)CCSc1ccc(CNCCOC)cc1. The molecule has 0 aliphatic carbocycles. The second-order valence-electron chi connectivity index (χ2n) is 4.09. The molecule has 0 aliphatic heterocycles. The van der Waals surface area contributed by atoms with Crippen LogP contribution in [-0.2, 0) is 16.1 Å². The summed E-state index contributed by atoms with van der Waals surface area (Å²) in [6.07, 6.45) is 0.557. The van der Waals surface area contributed by atoms with E-state index < -0.39 is 0 Å². The van der Waals surface area contributed by atoms with Crippen LogP contribution in [0.15, 0.2) is 29.2 Å². The van der Waals surface area contributed by atoms with Crippen LogP contribution in [0.4, 0.5) is 0 Å². The van der Waals surface area contributed by atoms with Gasteiger partial charge < -0.3 is 15.4 Å². The molecule has 0 saturated heterocycles. The number of carbonyl (C=O) groups excluding carboxylic acids is 1. The van der Waals surface area contributed by atoms with E-state index in [-0.39, 0.29) is 5.91 Å². The first-order valence-corrected chi connectivity index (χ1v) is 7.37. The van der Waals surface area contributed by atoms with Crippen LogP contribution in [0.1, 0.15) is 12.0 Å². The molecule has 0 saturated carbocycles. The number of benzene rings is 1. The van der Waals surface area contributed by atoms with Crippen molar-refractivity contribution in [2.45, 2.75) is 17.9 Å². The zero-order valence-corrected chi connectivity index (χ0v) is 12.4. The molecule has 19 heavy (non-hydrogen) atoms. The third kappa shape index (κ3) is 7.20. The van der Waals surface area contributed by atoms with Gasteiger partial charge in [-0.25, -0.2) is 0 Å². The van der Waals surface area contributed by atoms with Crippen LogP contribution in [-0.4, -0.2) is 39.0 Å². The molecule has 5 heteroatoms. The van der Waals surface area contributed by atoms with Gasteiger partial charge in [0.15, 0.2) is 0 Å². The Balaban J connectivity index is 2.25. The Morgan fingerprint density at radius 2 is 2.05 bits per heavy atom. The van der Waals surface area contributed by atoms with Gasteiger partial charge in [-0.05, 0) is 17.7 Å². The Labute approximate surface area is 119 Å². The van der Waals surface area contributed by atoms with Crippen LogP contribution in [0.3, 0.4) is 0 Å². The Morgan fingerprint density at radius 1 is 1.32 bits per heavy atom. The van der Waals surface area contributed by atoms with Crippen LogP contribution < -0.4 is 10.6 Å². The molecule has 2 N–H and O–H groups in total. The van der Waals surface area contributed by atoms with Crippen LogP contribution in [0, 0.1) is 0 Å². The quantitative estimate of drug-likeness (QED) is 0.534. The minimum Gasteiger partial charge on any atom is -0.383 e. The van der Waals surface area contributed by atoms with Gasteiger partial charge >= 0.3 is 0 Å². The number of hydrogen-bond acceptors (Lipinski definition) is 4. The molecular formula is C14H22N2O2S. The van der Waals surface area contributed by atoms with Gasteiger partial charge in [0.05, 0.1) is 6.61 Å². The number of rotatable bonds is 9. The Morgan fingerprint density at radius 3 is 2.68 bits per heavy atom. The summed E-state index contributed by atoms with van der Waals surface area (Å²) in [5.41, 5.74) is 1.26. The van der Waals surface area contributed by atoms with Crippen molar-refractivity contribution >= 4 is 17.7 Å². The number of methoxy groups -OCH3 is 1. The summed E-state index contributed by atoms with van der Waals surface area (Å²) in [5, 5.41) is 5.93. The number of ether oxygens (including phenoxy) is 1. The summed E-state index contributed by atoms with van der Waals surface area (Å²) < 4.78 is 4.97. The molecule has 1 aromatic rings. The van der Waals surface area contributed by atoms with E-state index in [0.717, 1.165) is 25.4 Å². The predicted molar refractivity (Wildman–Crippen MR) is 79.4 cm³/mol. The molecular weight excluding hydrogens is 260 g/mol. The lowest BCUT2D eigenvalue weighted by atomic mass is 10.2. The first kappa shape index (κ1) is 16.0. The summed E-state index contributed by atoms with van der Waals surface area (Å²) in [5.74, 6) is 0.900. The smallest absolute Gasteiger partial charge is 0.220 e. The second-order valence-corrected chi connectivity index (χ2v) is 5.25. The summed E-state index contributed by atoms with van der Waals surface area (Å²) in [6.45, 7) is 2.44. The van der Waals surface area contributed by atoms with Gasteiger partial charge in [-0.3, -0.25) is 4.79 Å². The van der Waals surface area contributed by atoms with Crippen LogP contribution in [0.25, 0.3) is 0 Å². The number of nitrogens with one attached hydrogen (secondary N) is 2. The molecule has 1 amide bonds. The molecule has 0 heterocycles. The highest BCUT2D eigenvalue weighted by atomic mass is 32.2. The van der Waals surface area contributed by atoms with Crippen molar-refractivity contribution < 1.29 is 9.53 Å². The van der Waals surface area contributed by atoms with Gasteiger partial charge in [-0.2, -0.15) is 0 Å². The van der Waals surface area contributed by atoms with Crippen molar-refractivity contribution in [3.63, 3.8) is 0 Å². The van der Waals surface area contributed by atoms with Crippen molar-refractivity contribution in [2.75, 3.05) is 33.1 Å². The minimum atomic E-state index is 0.0893. The molecule has 0 atom stereocenters. The van der Waals surface area contributed by atoms with Gasteiger partial charge in [0.1, 0.15) is 0 Å². The zero-order chi connectivity index (χ0) is 13.9. The molecule has 1 aromatic carbocycles. The lowest BCUT2D eigenvalue weighted by Gasteiger charge is -2.06. The first-order valence-electron chi connectivity index (χ1n) is 6.38. The number of thioether (sulfide) groups is 1. The molecule has 0 unspecified atom stereocenters. The predicted octanol–water partition coefficient (Wildman–Crippen LogP) is 1.65. The Kier molecular flexibility index (Phi) is 8.29. The molecule has 0 fully saturated rings. The average molecular weight is 282 g/mol. The highest BCUT2D eigenvalue weighted by Gasteiger charge is 1.99. The monoisotopic (exact) mass is 282 g/mol. The van der Waals surface area contributed by atoms with Gasteiger partial charge in [0.2, 0.25) is 5.91 Å². The fourth-order valence-electron chi connectivity index (χ4n) is 1.50. The summed E-state index contributed by atoms with van der Waals surface area (Å²) in [4.78, 5) is 12.3. The molecule has 0 bridgehead atoms. The summed E-state index contributed by atoms with van der Waals surface area (Å²) in [6, 6.07) is 8.42. The molecule has 0 aliphatic rings. The first-order chi connectivity index (χ1) is 9.26. The van der Waals surface area contributed by atoms with E-state index in [4.69, 9.17) is 4.74 Å². The third-order valence-electron chi connectivity index (χ3n) is 2.61. The van der Waals surface area contributed by atoms with Crippen molar-refractivity contribution in [3.05, 3.63) is 29.8 Å². The van der Waals surface area contributed by atoms with Gasteiger partial charge in [0, 0.05) is 44.3 Å². The van der Waals surface area contributed by atoms with E-state index in [1.807, 2.05) is 0 Å². The Bertz CT molecular complexity index is 368. The normalized spacial score (nSPS) is 10.4. The minimum absolute atomic E-state index is 0.0893. The number of carbonyl (C=O) groups is 1. The van der Waals surface area contributed by atoms with Gasteiger partial charge in [-0.15, -0.1) is 11.8 Å². The van der Waals surface area contributed by atoms with E-state index >= 15 is 0 Å². The third-order valence-corrected chi connectivity index (χ3v) is 3.63. The molecule has 0 radical (unpaired) electrons. The maximum atomic E-state index is 11.1.